The van der Waals surface area contributed by atoms with Gasteiger partial charge >= 0.3 is 11.9 Å². The van der Waals surface area contributed by atoms with Crippen LogP contribution in [0.1, 0.15) is 19.8 Å². The average molecular weight is 300 g/mol. The summed E-state index contributed by atoms with van der Waals surface area (Å²) in [5.41, 5.74) is 0. The fourth-order valence-electron chi connectivity index (χ4n) is 0.819. The third-order valence-electron chi connectivity index (χ3n) is 1.37. The number of hydrogen-bond donors (Lipinski definition) is 0. The molecule has 1 unspecified atom stereocenters. The van der Waals surface area contributed by atoms with Gasteiger partial charge in [-0.1, -0.05) is 22.6 Å². The van der Waals surface area contributed by atoms with E-state index in [1.165, 1.54) is 14.0 Å². The second-order valence-electron chi connectivity index (χ2n) is 2.45. The predicted octanol–water partition coefficient (Wildman–Crippen LogP) is 1.31. The van der Waals surface area contributed by atoms with Crippen LogP contribution in [0.25, 0.3) is 0 Å². The molecule has 0 fully saturated rings. The normalized spacial score (nSPS) is 11.9. The molecule has 0 bridgehead atoms. The number of carbonyl (C=O) groups excluding carboxylic acids is 2. The molecule has 0 saturated heterocycles. The molecule has 0 aliphatic heterocycles. The van der Waals surface area contributed by atoms with Crippen LogP contribution in [0.5, 0.6) is 0 Å². The summed E-state index contributed by atoms with van der Waals surface area (Å²) in [6.07, 6.45) is 0.611. The highest BCUT2D eigenvalue weighted by Gasteiger charge is 2.21. The van der Waals surface area contributed by atoms with Gasteiger partial charge in [0.2, 0.25) is 0 Å². The van der Waals surface area contributed by atoms with Crippen LogP contribution in [0, 0.1) is 0 Å². The first kappa shape index (κ1) is 12.7. The molecule has 0 aliphatic rings. The zero-order chi connectivity index (χ0) is 10.3. The molecule has 0 aromatic rings. The summed E-state index contributed by atoms with van der Waals surface area (Å²) in [5, 5.41) is 0. The lowest BCUT2D eigenvalue weighted by atomic mass is 10.2. The molecule has 76 valence electrons. The fraction of sp³-hybridized carbons (Fsp3) is 0.750. The van der Waals surface area contributed by atoms with E-state index in [0.717, 1.165) is 10.8 Å². The Balaban J connectivity index is 4.02. The summed E-state index contributed by atoms with van der Waals surface area (Å²) in [4.78, 5) is 21.7. The number of rotatable bonds is 5. The van der Waals surface area contributed by atoms with E-state index in [1.807, 2.05) is 0 Å². The topological polar surface area (TPSA) is 52.6 Å². The molecular weight excluding hydrogens is 287 g/mol. The monoisotopic (exact) mass is 300 g/mol. The minimum Gasteiger partial charge on any atom is -0.466 e. The van der Waals surface area contributed by atoms with Crippen LogP contribution in [-0.4, -0.2) is 29.6 Å². The van der Waals surface area contributed by atoms with Gasteiger partial charge in [-0.25, -0.2) is 4.79 Å². The Kier molecular flexibility index (Phi) is 6.93. The van der Waals surface area contributed by atoms with Crippen molar-refractivity contribution in [3.8, 4) is 0 Å². The Labute approximate surface area is 91.1 Å². The summed E-state index contributed by atoms with van der Waals surface area (Å²) in [7, 11) is 1.28. The zero-order valence-electron chi connectivity index (χ0n) is 7.71. The van der Waals surface area contributed by atoms with E-state index in [1.54, 1.807) is 0 Å². The molecular formula is C8H13IO4. The van der Waals surface area contributed by atoms with E-state index in [2.05, 4.69) is 27.3 Å². The van der Waals surface area contributed by atoms with Crippen LogP contribution < -0.4 is 0 Å². The van der Waals surface area contributed by atoms with Crippen molar-refractivity contribution >= 4 is 34.5 Å². The number of carbonyl (C=O) groups is 2. The van der Waals surface area contributed by atoms with Gasteiger partial charge in [0.15, 0.2) is 6.10 Å². The van der Waals surface area contributed by atoms with E-state index < -0.39 is 18.0 Å². The number of hydrogen-bond acceptors (Lipinski definition) is 4. The van der Waals surface area contributed by atoms with E-state index in [4.69, 9.17) is 4.74 Å². The van der Waals surface area contributed by atoms with Gasteiger partial charge in [0.05, 0.1) is 7.11 Å². The van der Waals surface area contributed by atoms with Gasteiger partial charge in [-0.05, 0) is 17.3 Å². The first-order chi connectivity index (χ1) is 6.11. The van der Waals surface area contributed by atoms with Crippen molar-refractivity contribution in [1.29, 1.82) is 0 Å². The lowest BCUT2D eigenvalue weighted by molar-refractivity contribution is -0.165. The number of methoxy groups -OCH3 is 1. The van der Waals surface area contributed by atoms with Crippen molar-refractivity contribution in [2.24, 2.45) is 0 Å². The highest BCUT2D eigenvalue weighted by Crippen LogP contribution is 2.06. The van der Waals surface area contributed by atoms with E-state index in [9.17, 15) is 9.59 Å². The molecule has 0 heterocycles. The van der Waals surface area contributed by atoms with Gasteiger partial charge in [0.25, 0.3) is 0 Å². The molecule has 0 aromatic carbocycles. The largest absolute Gasteiger partial charge is 0.466 e. The highest BCUT2D eigenvalue weighted by atomic mass is 127. The molecule has 0 aromatic heterocycles. The Morgan fingerprint density at radius 1 is 1.46 bits per heavy atom. The molecule has 13 heavy (non-hydrogen) atoms. The Morgan fingerprint density at radius 2 is 2.08 bits per heavy atom. The van der Waals surface area contributed by atoms with E-state index >= 15 is 0 Å². The average Bonchev–Trinajstić information content (AvgIpc) is 2.10. The highest BCUT2D eigenvalue weighted by molar-refractivity contribution is 14.1. The standard InChI is InChI=1S/C8H13IO4/c1-6(10)13-7(4-3-5-9)8(11)12-2/h7H,3-5H2,1-2H3. The predicted molar refractivity (Wildman–Crippen MR) is 55.7 cm³/mol. The van der Waals surface area contributed by atoms with Gasteiger partial charge in [-0.15, -0.1) is 0 Å². The minimum atomic E-state index is -0.739. The maximum absolute atomic E-state index is 11.1. The van der Waals surface area contributed by atoms with Crippen molar-refractivity contribution < 1.29 is 19.1 Å². The Hall–Kier alpha value is -0.330. The molecule has 1 atom stereocenters. The summed E-state index contributed by atoms with van der Waals surface area (Å²) >= 11 is 2.20. The molecule has 0 radical (unpaired) electrons. The maximum Gasteiger partial charge on any atom is 0.347 e. The Bertz CT molecular complexity index is 181. The van der Waals surface area contributed by atoms with Gasteiger partial charge in [-0.3, -0.25) is 4.79 Å². The van der Waals surface area contributed by atoms with Crippen LogP contribution in [0.4, 0.5) is 0 Å². The number of ether oxygens (including phenoxy) is 2. The second-order valence-corrected chi connectivity index (χ2v) is 3.53. The van der Waals surface area contributed by atoms with Gasteiger partial charge < -0.3 is 9.47 Å². The molecule has 5 heteroatoms. The maximum atomic E-state index is 11.1. The van der Waals surface area contributed by atoms with E-state index in [-0.39, 0.29) is 0 Å². The first-order valence-electron chi connectivity index (χ1n) is 3.92. The lowest BCUT2D eigenvalue weighted by Gasteiger charge is -2.13. The number of alkyl halides is 1. The molecule has 0 aliphatic carbocycles. The molecule has 0 saturated carbocycles. The zero-order valence-corrected chi connectivity index (χ0v) is 9.87. The van der Waals surface area contributed by atoms with Gasteiger partial charge in [0.1, 0.15) is 0 Å². The van der Waals surface area contributed by atoms with Crippen LogP contribution >= 0.6 is 22.6 Å². The van der Waals surface area contributed by atoms with Crippen molar-refractivity contribution in [2.45, 2.75) is 25.9 Å². The van der Waals surface area contributed by atoms with Crippen LogP contribution in [0.3, 0.4) is 0 Å². The second kappa shape index (κ2) is 7.11. The van der Waals surface area contributed by atoms with Gasteiger partial charge in [-0.2, -0.15) is 0 Å². The SMILES string of the molecule is COC(=O)C(CCCI)OC(C)=O. The fourth-order valence-corrected chi connectivity index (χ4v) is 1.26. The third-order valence-corrected chi connectivity index (χ3v) is 2.14. The molecule has 0 N–H and O–H groups in total. The number of halogens is 1. The van der Waals surface area contributed by atoms with Crippen molar-refractivity contribution in [3.63, 3.8) is 0 Å². The Morgan fingerprint density at radius 3 is 2.46 bits per heavy atom. The smallest absolute Gasteiger partial charge is 0.347 e. The number of esters is 2. The summed E-state index contributed by atoms with van der Waals surface area (Å²) < 4.78 is 10.2. The van der Waals surface area contributed by atoms with Crippen molar-refractivity contribution in [3.05, 3.63) is 0 Å². The van der Waals surface area contributed by atoms with Gasteiger partial charge in [0, 0.05) is 6.92 Å². The quantitative estimate of drug-likeness (QED) is 0.436. The molecule has 4 nitrogen and oxygen atoms in total. The summed E-state index contributed by atoms with van der Waals surface area (Å²) in [6.45, 7) is 1.28. The lowest BCUT2D eigenvalue weighted by Crippen LogP contribution is -2.27. The first-order valence-corrected chi connectivity index (χ1v) is 5.45. The van der Waals surface area contributed by atoms with Crippen LogP contribution in [-0.2, 0) is 19.1 Å². The molecule has 0 spiro atoms. The molecule has 0 rings (SSSR count). The summed E-state index contributed by atoms with van der Waals surface area (Å²) in [6, 6.07) is 0. The molecule has 0 amide bonds. The van der Waals surface area contributed by atoms with E-state index in [0.29, 0.717) is 6.42 Å². The summed E-state index contributed by atoms with van der Waals surface area (Å²) in [5.74, 6) is -0.941. The van der Waals surface area contributed by atoms with Crippen molar-refractivity contribution in [2.75, 3.05) is 11.5 Å². The third kappa shape index (κ3) is 5.84. The van der Waals surface area contributed by atoms with Crippen LogP contribution in [0.15, 0.2) is 0 Å². The minimum absolute atomic E-state index is 0.455. The van der Waals surface area contributed by atoms with Crippen molar-refractivity contribution in [1.82, 2.24) is 0 Å². The van der Waals surface area contributed by atoms with Crippen LogP contribution in [0.2, 0.25) is 0 Å².